The highest BCUT2D eigenvalue weighted by Gasteiger charge is 2.12. The van der Waals surface area contributed by atoms with Gasteiger partial charge in [-0.3, -0.25) is 4.79 Å². The first kappa shape index (κ1) is 17.0. The molecule has 134 valence electrons. The lowest BCUT2D eigenvalue weighted by Gasteiger charge is -2.08. The first-order chi connectivity index (χ1) is 13.0. The number of aromatic nitrogens is 1. The summed E-state index contributed by atoms with van der Waals surface area (Å²) in [5, 5.41) is 0.431. The monoisotopic (exact) mass is 361 g/mol. The van der Waals surface area contributed by atoms with Gasteiger partial charge in [0, 0.05) is 23.4 Å². The fourth-order valence-corrected chi connectivity index (χ4v) is 3.06. The van der Waals surface area contributed by atoms with Gasteiger partial charge in [0.25, 0.3) is 0 Å². The molecule has 2 aromatic heterocycles. The summed E-state index contributed by atoms with van der Waals surface area (Å²) < 4.78 is 24.3. The van der Waals surface area contributed by atoms with Crippen molar-refractivity contribution in [2.24, 2.45) is 0 Å². The number of hydrogen-bond acceptors (Lipinski definition) is 4. The van der Waals surface area contributed by atoms with Crippen molar-refractivity contribution >= 4 is 11.0 Å². The SMILES string of the molecule is COc1cc(C)cc2oc(-c3ccc(-c4ccc(F)nc4)cc3)cc(=O)c12. The number of methoxy groups -OCH3 is 1. The molecule has 4 nitrogen and oxygen atoms in total. The lowest BCUT2D eigenvalue weighted by Crippen LogP contribution is -2.03. The van der Waals surface area contributed by atoms with E-state index < -0.39 is 5.95 Å². The van der Waals surface area contributed by atoms with Gasteiger partial charge < -0.3 is 9.15 Å². The second kappa shape index (κ2) is 6.68. The fraction of sp³-hybridized carbons (Fsp3) is 0.0909. The number of rotatable bonds is 3. The van der Waals surface area contributed by atoms with E-state index in [0.717, 1.165) is 22.3 Å². The molecular formula is C22H16FNO3. The first-order valence-electron chi connectivity index (χ1n) is 8.40. The lowest BCUT2D eigenvalue weighted by molar-refractivity contribution is 0.418. The minimum Gasteiger partial charge on any atom is -0.496 e. The molecule has 0 amide bonds. The maximum atomic E-state index is 13.0. The smallest absolute Gasteiger partial charge is 0.212 e. The summed E-state index contributed by atoms with van der Waals surface area (Å²) in [6, 6.07) is 15.6. The maximum absolute atomic E-state index is 13.0. The Morgan fingerprint density at radius 1 is 0.963 bits per heavy atom. The highest BCUT2D eigenvalue weighted by molar-refractivity contribution is 5.85. The zero-order valence-corrected chi connectivity index (χ0v) is 14.8. The number of nitrogens with zero attached hydrogens (tertiary/aromatic N) is 1. The summed E-state index contributed by atoms with van der Waals surface area (Å²) >= 11 is 0. The largest absolute Gasteiger partial charge is 0.496 e. The van der Waals surface area contributed by atoms with Crippen LogP contribution >= 0.6 is 0 Å². The third-order valence-corrected chi connectivity index (χ3v) is 4.39. The molecule has 0 aliphatic rings. The molecule has 2 aromatic carbocycles. The predicted molar refractivity (Wildman–Crippen MR) is 102 cm³/mol. The van der Waals surface area contributed by atoms with E-state index >= 15 is 0 Å². The quantitative estimate of drug-likeness (QED) is 0.483. The van der Waals surface area contributed by atoms with E-state index in [-0.39, 0.29) is 5.43 Å². The van der Waals surface area contributed by atoms with E-state index in [4.69, 9.17) is 9.15 Å². The van der Waals surface area contributed by atoms with Crippen molar-refractivity contribution in [2.75, 3.05) is 7.11 Å². The molecule has 0 radical (unpaired) electrons. The normalized spacial score (nSPS) is 10.9. The van der Waals surface area contributed by atoms with Gasteiger partial charge in [-0.1, -0.05) is 24.3 Å². The second-order valence-corrected chi connectivity index (χ2v) is 6.26. The highest BCUT2D eigenvalue weighted by Crippen LogP contribution is 2.29. The third kappa shape index (κ3) is 3.19. The maximum Gasteiger partial charge on any atom is 0.212 e. The Kier molecular flexibility index (Phi) is 4.20. The molecule has 0 saturated heterocycles. The van der Waals surface area contributed by atoms with Crippen LogP contribution in [0, 0.1) is 12.9 Å². The summed E-state index contributed by atoms with van der Waals surface area (Å²) in [4.78, 5) is 16.3. The van der Waals surface area contributed by atoms with Gasteiger partial charge in [0.2, 0.25) is 5.95 Å². The van der Waals surface area contributed by atoms with Crippen LogP contribution in [0.25, 0.3) is 33.4 Å². The van der Waals surface area contributed by atoms with Crippen LogP contribution in [0.1, 0.15) is 5.56 Å². The predicted octanol–water partition coefficient (Wildman–Crippen LogP) is 4.98. The van der Waals surface area contributed by atoms with Crippen LogP contribution in [0.5, 0.6) is 5.75 Å². The third-order valence-electron chi connectivity index (χ3n) is 4.39. The average Bonchev–Trinajstić information content (AvgIpc) is 2.67. The van der Waals surface area contributed by atoms with Crippen molar-refractivity contribution in [1.29, 1.82) is 0 Å². The summed E-state index contributed by atoms with van der Waals surface area (Å²) in [7, 11) is 1.53. The molecule has 27 heavy (non-hydrogen) atoms. The molecule has 0 N–H and O–H groups in total. The Bertz CT molecular complexity index is 1180. The van der Waals surface area contributed by atoms with Gasteiger partial charge in [0.1, 0.15) is 22.5 Å². The lowest BCUT2D eigenvalue weighted by atomic mass is 10.0. The van der Waals surface area contributed by atoms with Gasteiger partial charge in [-0.05, 0) is 42.3 Å². The van der Waals surface area contributed by atoms with Gasteiger partial charge in [-0.2, -0.15) is 4.39 Å². The number of benzene rings is 2. The number of pyridine rings is 1. The van der Waals surface area contributed by atoms with Gasteiger partial charge >= 0.3 is 0 Å². The molecule has 4 rings (SSSR count). The molecule has 5 heteroatoms. The second-order valence-electron chi connectivity index (χ2n) is 6.26. The van der Waals surface area contributed by atoms with Crippen LogP contribution in [0.2, 0.25) is 0 Å². The number of halogens is 1. The van der Waals surface area contributed by atoms with Crippen molar-refractivity contribution in [1.82, 2.24) is 4.98 Å². The Morgan fingerprint density at radius 2 is 1.67 bits per heavy atom. The van der Waals surface area contributed by atoms with Crippen molar-refractivity contribution in [2.45, 2.75) is 6.92 Å². The van der Waals surface area contributed by atoms with Crippen molar-refractivity contribution < 1.29 is 13.5 Å². The topological polar surface area (TPSA) is 52.3 Å². The highest BCUT2D eigenvalue weighted by atomic mass is 19.1. The number of ether oxygens (including phenoxy) is 1. The zero-order valence-electron chi connectivity index (χ0n) is 14.8. The van der Waals surface area contributed by atoms with E-state index in [2.05, 4.69) is 4.98 Å². The van der Waals surface area contributed by atoms with E-state index in [9.17, 15) is 9.18 Å². The minimum absolute atomic E-state index is 0.157. The molecule has 0 bridgehead atoms. The zero-order chi connectivity index (χ0) is 19.0. The first-order valence-corrected chi connectivity index (χ1v) is 8.40. The average molecular weight is 361 g/mol. The Hall–Kier alpha value is -3.47. The van der Waals surface area contributed by atoms with E-state index in [0.29, 0.717) is 22.5 Å². The molecule has 0 spiro atoms. The Morgan fingerprint density at radius 3 is 2.33 bits per heavy atom. The number of hydrogen-bond donors (Lipinski definition) is 0. The summed E-state index contributed by atoms with van der Waals surface area (Å²) in [6.45, 7) is 1.92. The molecule has 0 aliphatic carbocycles. The van der Waals surface area contributed by atoms with Gasteiger partial charge in [0.15, 0.2) is 5.43 Å². The molecule has 2 heterocycles. The molecule has 0 atom stereocenters. The fourth-order valence-electron chi connectivity index (χ4n) is 3.06. The van der Waals surface area contributed by atoms with Crippen LogP contribution in [0.15, 0.2) is 70.0 Å². The summed E-state index contributed by atoms with van der Waals surface area (Å²) in [5.41, 5.74) is 3.75. The summed E-state index contributed by atoms with van der Waals surface area (Å²) in [5.74, 6) is 0.465. The molecule has 0 saturated carbocycles. The molecule has 0 fully saturated rings. The van der Waals surface area contributed by atoms with Crippen LogP contribution in [0.4, 0.5) is 4.39 Å². The summed E-state index contributed by atoms with van der Waals surface area (Å²) in [6.07, 6.45) is 1.48. The van der Waals surface area contributed by atoms with Gasteiger partial charge in [-0.25, -0.2) is 4.98 Å². The van der Waals surface area contributed by atoms with Crippen molar-refractivity contribution in [3.63, 3.8) is 0 Å². The van der Waals surface area contributed by atoms with Crippen LogP contribution in [0.3, 0.4) is 0 Å². The van der Waals surface area contributed by atoms with Crippen molar-refractivity contribution in [3.05, 3.63) is 82.5 Å². The van der Waals surface area contributed by atoms with Gasteiger partial charge in [-0.15, -0.1) is 0 Å². The standard InChI is InChI=1S/C22H16FNO3/c1-13-9-19(26-2)22-17(25)11-18(27-20(22)10-13)15-5-3-14(4-6-15)16-7-8-21(23)24-12-16/h3-12H,1-2H3. The Labute approximate surface area is 154 Å². The number of fused-ring (bicyclic) bond motifs is 1. The molecule has 0 aliphatic heterocycles. The molecule has 0 unspecified atom stereocenters. The molecular weight excluding hydrogens is 345 g/mol. The van der Waals surface area contributed by atoms with Crippen LogP contribution < -0.4 is 10.2 Å². The van der Waals surface area contributed by atoms with Crippen LogP contribution in [-0.4, -0.2) is 12.1 Å². The van der Waals surface area contributed by atoms with Crippen molar-refractivity contribution in [3.8, 4) is 28.2 Å². The Balaban J connectivity index is 1.78. The van der Waals surface area contributed by atoms with Crippen LogP contribution in [-0.2, 0) is 0 Å². The van der Waals surface area contributed by atoms with E-state index in [1.54, 1.807) is 6.07 Å². The van der Waals surface area contributed by atoms with E-state index in [1.165, 1.54) is 25.4 Å². The van der Waals surface area contributed by atoms with E-state index in [1.807, 2.05) is 43.3 Å². The molecule has 4 aromatic rings. The minimum atomic E-state index is -0.515. The number of aryl methyl sites for hydroxylation is 1. The van der Waals surface area contributed by atoms with Gasteiger partial charge in [0.05, 0.1) is 7.11 Å².